The van der Waals surface area contributed by atoms with E-state index in [0.717, 1.165) is 38.5 Å². The van der Waals surface area contributed by atoms with E-state index >= 15 is 0 Å². The number of quaternary nitrogens is 1. The van der Waals surface area contributed by atoms with Gasteiger partial charge in [-0.1, -0.05) is 219 Å². The van der Waals surface area contributed by atoms with Gasteiger partial charge in [-0.2, -0.15) is 0 Å². The zero-order valence-corrected chi connectivity index (χ0v) is 40.0. The second-order valence-electron chi connectivity index (χ2n) is 18.2. The van der Waals surface area contributed by atoms with Crippen molar-refractivity contribution < 1.29 is 42.1 Å². The van der Waals surface area contributed by atoms with E-state index in [9.17, 15) is 19.0 Å². The zero-order chi connectivity index (χ0) is 42.8. The highest BCUT2D eigenvalue weighted by Crippen LogP contribution is 2.43. The van der Waals surface area contributed by atoms with Crippen molar-refractivity contribution in [3.05, 3.63) is 0 Å². The van der Waals surface area contributed by atoms with Crippen molar-refractivity contribution >= 4 is 19.8 Å². The summed E-state index contributed by atoms with van der Waals surface area (Å²) in [5.74, 6) is -0.779. The fraction of sp³-hybridized carbons (Fsp3) is 0.958. The molecule has 0 heterocycles. The number of likely N-dealkylation sites (N-methyl/N-ethyl adjacent to an activating group) is 1. The molecule has 0 saturated heterocycles. The molecule has 2 atom stereocenters. The number of phosphoric acid groups is 1. The normalized spacial score (nSPS) is 13.4. The molecular weight excluding hydrogens is 750 g/mol. The molecule has 346 valence electrons. The van der Waals surface area contributed by atoms with E-state index in [2.05, 4.69) is 13.8 Å². The van der Waals surface area contributed by atoms with Crippen LogP contribution in [0.15, 0.2) is 0 Å². The number of rotatable bonds is 46. The number of carbonyl (C=O) groups is 2. The van der Waals surface area contributed by atoms with Crippen LogP contribution in [0, 0.1) is 0 Å². The molecule has 58 heavy (non-hydrogen) atoms. The van der Waals surface area contributed by atoms with Gasteiger partial charge in [0, 0.05) is 12.8 Å². The summed E-state index contributed by atoms with van der Waals surface area (Å²) in [6.45, 7) is 4.48. The third-order valence-corrected chi connectivity index (χ3v) is 12.1. The molecule has 0 aromatic carbocycles. The number of nitrogens with zero attached hydrogens (tertiary/aromatic N) is 1. The molecule has 0 aliphatic heterocycles. The number of carbonyl (C=O) groups excluding carboxylic acids is 2. The summed E-state index contributed by atoms with van der Waals surface area (Å²) in [4.78, 5) is 35.5. The van der Waals surface area contributed by atoms with E-state index in [0.29, 0.717) is 17.4 Å². The molecular formula is C48H97NO8P+. The molecule has 0 radical (unpaired) electrons. The number of hydrogen-bond donors (Lipinski definition) is 1. The van der Waals surface area contributed by atoms with Gasteiger partial charge in [-0.25, -0.2) is 4.57 Å². The maximum atomic E-state index is 12.7. The first-order valence-corrected chi connectivity index (χ1v) is 26.3. The molecule has 0 aromatic heterocycles. The quantitative estimate of drug-likeness (QED) is 0.0279. The largest absolute Gasteiger partial charge is 0.472 e. The molecule has 9 nitrogen and oxygen atoms in total. The fourth-order valence-electron chi connectivity index (χ4n) is 7.25. The summed E-state index contributed by atoms with van der Waals surface area (Å²) in [7, 11) is 1.50. The first-order chi connectivity index (χ1) is 28.0. The maximum absolute atomic E-state index is 12.7. The van der Waals surface area contributed by atoms with Crippen LogP contribution in [0.2, 0.25) is 0 Å². The molecule has 0 fully saturated rings. The van der Waals surface area contributed by atoms with Crippen molar-refractivity contribution in [1.29, 1.82) is 0 Å². The van der Waals surface area contributed by atoms with Crippen LogP contribution in [0.1, 0.15) is 245 Å². The van der Waals surface area contributed by atoms with Gasteiger partial charge in [-0.05, 0) is 12.8 Å². The predicted octanol–water partition coefficient (Wildman–Crippen LogP) is 14.4. The van der Waals surface area contributed by atoms with E-state index in [-0.39, 0.29) is 25.6 Å². The maximum Gasteiger partial charge on any atom is 0.472 e. The molecule has 0 rings (SSSR count). The predicted molar refractivity (Wildman–Crippen MR) is 243 cm³/mol. The Balaban J connectivity index is 4.19. The molecule has 0 aliphatic rings. The standard InChI is InChI=1S/C48H96NO8P/c1-6-8-10-12-14-16-18-20-22-23-24-25-26-27-29-30-32-34-36-38-40-47(50)54-44-46(45-56-58(52,53)55-43-42-49(3,4)5)57-48(51)41-39-37-35-33-31-28-21-19-17-15-13-11-9-7-2/h46H,6-45H2,1-5H3/p+1/t46-/m1/s1. The monoisotopic (exact) mass is 847 g/mol. The van der Waals surface area contributed by atoms with Gasteiger partial charge in [0.05, 0.1) is 27.7 Å². The topological polar surface area (TPSA) is 108 Å². The summed E-state index contributed by atoms with van der Waals surface area (Å²) in [6.07, 6.45) is 42.9. The van der Waals surface area contributed by atoms with Gasteiger partial charge in [0.25, 0.3) is 0 Å². The van der Waals surface area contributed by atoms with Gasteiger partial charge in [0.15, 0.2) is 6.10 Å². The Labute approximate surface area is 359 Å². The van der Waals surface area contributed by atoms with Gasteiger partial charge in [-0.15, -0.1) is 0 Å². The van der Waals surface area contributed by atoms with Crippen LogP contribution < -0.4 is 0 Å². The smallest absolute Gasteiger partial charge is 0.462 e. The summed E-state index contributed by atoms with van der Waals surface area (Å²) in [6, 6.07) is 0. The lowest BCUT2D eigenvalue weighted by atomic mass is 10.0. The van der Waals surface area contributed by atoms with Crippen molar-refractivity contribution in [2.24, 2.45) is 0 Å². The summed E-state index contributed by atoms with van der Waals surface area (Å²) >= 11 is 0. The molecule has 10 heteroatoms. The number of ether oxygens (including phenoxy) is 2. The Bertz CT molecular complexity index is 958. The first kappa shape index (κ1) is 57.0. The molecule has 0 spiro atoms. The van der Waals surface area contributed by atoms with Crippen LogP contribution in [0.4, 0.5) is 0 Å². The van der Waals surface area contributed by atoms with Gasteiger partial charge < -0.3 is 18.9 Å². The van der Waals surface area contributed by atoms with Crippen molar-refractivity contribution in [3.63, 3.8) is 0 Å². The number of hydrogen-bond acceptors (Lipinski definition) is 7. The summed E-state index contributed by atoms with van der Waals surface area (Å²) in [5, 5.41) is 0. The number of esters is 2. The van der Waals surface area contributed by atoms with E-state index in [1.807, 2.05) is 21.1 Å². The van der Waals surface area contributed by atoms with Gasteiger partial charge in [-0.3, -0.25) is 18.6 Å². The molecule has 0 saturated carbocycles. The fourth-order valence-corrected chi connectivity index (χ4v) is 7.99. The van der Waals surface area contributed by atoms with E-state index in [4.69, 9.17) is 18.5 Å². The average Bonchev–Trinajstić information content (AvgIpc) is 3.17. The molecule has 1 N–H and O–H groups in total. The average molecular weight is 847 g/mol. The van der Waals surface area contributed by atoms with E-state index < -0.39 is 26.5 Å². The van der Waals surface area contributed by atoms with Crippen LogP contribution in [-0.2, 0) is 32.7 Å². The third-order valence-electron chi connectivity index (χ3n) is 11.1. The van der Waals surface area contributed by atoms with Crippen molar-refractivity contribution in [3.8, 4) is 0 Å². The van der Waals surface area contributed by atoms with E-state index in [1.165, 1.54) is 180 Å². The minimum Gasteiger partial charge on any atom is -0.462 e. The third kappa shape index (κ3) is 44.6. The first-order valence-electron chi connectivity index (χ1n) is 24.8. The Kier molecular flexibility index (Phi) is 40.7. The zero-order valence-electron chi connectivity index (χ0n) is 39.1. The van der Waals surface area contributed by atoms with Gasteiger partial charge in [0.2, 0.25) is 0 Å². The lowest BCUT2D eigenvalue weighted by Crippen LogP contribution is -2.37. The molecule has 1 unspecified atom stereocenters. The minimum absolute atomic E-state index is 0.0370. The second-order valence-corrected chi connectivity index (χ2v) is 19.7. The van der Waals surface area contributed by atoms with E-state index in [1.54, 1.807) is 0 Å². The van der Waals surface area contributed by atoms with Gasteiger partial charge >= 0.3 is 19.8 Å². The van der Waals surface area contributed by atoms with Crippen molar-refractivity contribution in [2.75, 3.05) is 47.5 Å². The molecule has 0 aromatic rings. The lowest BCUT2D eigenvalue weighted by Gasteiger charge is -2.24. The Hall–Kier alpha value is -0.990. The van der Waals surface area contributed by atoms with Crippen LogP contribution >= 0.6 is 7.82 Å². The second kappa shape index (κ2) is 41.4. The Morgan fingerprint density at radius 1 is 0.466 bits per heavy atom. The van der Waals surface area contributed by atoms with Crippen molar-refractivity contribution in [1.82, 2.24) is 0 Å². The Morgan fingerprint density at radius 2 is 0.776 bits per heavy atom. The summed E-state index contributed by atoms with van der Waals surface area (Å²) < 4.78 is 34.4. The Morgan fingerprint density at radius 3 is 1.10 bits per heavy atom. The van der Waals surface area contributed by atoms with Crippen molar-refractivity contribution in [2.45, 2.75) is 251 Å². The highest BCUT2D eigenvalue weighted by atomic mass is 31.2. The minimum atomic E-state index is -4.37. The number of phosphoric ester groups is 1. The highest BCUT2D eigenvalue weighted by Gasteiger charge is 2.27. The highest BCUT2D eigenvalue weighted by molar-refractivity contribution is 7.47. The van der Waals surface area contributed by atoms with Crippen LogP contribution in [0.25, 0.3) is 0 Å². The lowest BCUT2D eigenvalue weighted by molar-refractivity contribution is -0.870. The summed E-state index contributed by atoms with van der Waals surface area (Å²) in [5.41, 5.74) is 0. The van der Waals surface area contributed by atoms with Crippen LogP contribution in [0.3, 0.4) is 0 Å². The molecule has 0 bridgehead atoms. The molecule has 0 amide bonds. The van der Waals surface area contributed by atoms with Crippen LogP contribution in [0.5, 0.6) is 0 Å². The SMILES string of the molecule is CCCCCCCCCCCCCCCCCCCCCCC(=O)OC[C@H](COP(=O)(O)OCC[N+](C)(C)C)OC(=O)CCCCCCCCCCCCCCCC. The van der Waals surface area contributed by atoms with Crippen LogP contribution in [-0.4, -0.2) is 74.9 Å². The van der Waals surface area contributed by atoms with Gasteiger partial charge in [0.1, 0.15) is 19.8 Å². The molecule has 0 aliphatic carbocycles. The number of unbranched alkanes of at least 4 members (excludes halogenated alkanes) is 32.